The number of halogens is 1. The molecule has 0 amide bonds. The Bertz CT molecular complexity index is 391. The molecule has 104 valence electrons. The molecular formula is C13H23ClN2O2. The summed E-state index contributed by atoms with van der Waals surface area (Å²) in [6.07, 6.45) is -0.457. The van der Waals surface area contributed by atoms with Crippen molar-refractivity contribution in [3.8, 4) is 0 Å². The van der Waals surface area contributed by atoms with E-state index in [9.17, 15) is 10.2 Å². The summed E-state index contributed by atoms with van der Waals surface area (Å²) < 4.78 is 1.80. The molecule has 0 aromatic carbocycles. The van der Waals surface area contributed by atoms with E-state index in [4.69, 9.17) is 11.6 Å². The van der Waals surface area contributed by atoms with Crippen LogP contribution in [0.4, 0.5) is 0 Å². The van der Waals surface area contributed by atoms with Crippen molar-refractivity contribution >= 4 is 11.6 Å². The molecule has 0 aliphatic rings. The van der Waals surface area contributed by atoms with E-state index in [1.807, 2.05) is 27.7 Å². The summed E-state index contributed by atoms with van der Waals surface area (Å²) in [6.45, 7) is 8.45. The lowest BCUT2D eigenvalue weighted by atomic mass is 9.98. The number of nitrogens with zero attached hydrogens (tertiary/aromatic N) is 2. The van der Waals surface area contributed by atoms with Crippen LogP contribution in [-0.4, -0.2) is 32.2 Å². The van der Waals surface area contributed by atoms with E-state index < -0.39 is 12.2 Å². The first-order valence-corrected chi connectivity index (χ1v) is 6.90. The molecule has 4 nitrogen and oxygen atoms in total. The standard InChI is InChI=1S/C13H23ClN2O2/c1-5-9-12(14)10(16(6-2)15-9)7-11(17)13(18)8(3)4/h8,11,13,17-18H,5-7H2,1-4H3. The molecule has 0 aliphatic carbocycles. The first-order chi connectivity index (χ1) is 8.42. The summed E-state index contributed by atoms with van der Waals surface area (Å²) in [5, 5.41) is 24.9. The highest BCUT2D eigenvalue weighted by Crippen LogP contribution is 2.24. The lowest BCUT2D eigenvalue weighted by molar-refractivity contribution is -0.00825. The van der Waals surface area contributed by atoms with Gasteiger partial charge >= 0.3 is 0 Å². The Kier molecular flexibility index (Phi) is 5.63. The van der Waals surface area contributed by atoms with Gasteiger partial charge in [0.25, 0.3) is 0 Å². The number of aliphatic hydroxyl groups excluding tert-OH is 2. The van der Waals surface area contributed by atoms with Crippen molar-refractivity contribution in [2.24, 2.45) is 5.92 Å². The van der Waals surface area contributed by atoms with Gasteiger partial charge in [-0.25, -0.2) is 0 Å². The summed E-state index contributed by atoms with van der Waals surface area (Å²) in [4.78, 5) is 0. The third-order valence-electron chi connectivity index (χ3n) is 3.17. The predicted octanol–water partition coefficient (Wildman–Crippen LogP) is 2.04. The Morgan fingerprint density at radius 2 is 1.89 bits per heavy atom. The van der Waals surface area contributed by atoms with E-state index in [-0.39, 0.29) is 5.92 Å². The van der Waals surface area contributed by atoms with Crippen molar-refractivity contribution in [3.63, 3.8) is 0 Å². The van der Waals surface area contributed by atoms with E-state index in [0.717, 1.165) is 17.8 Å². The largest absolute Gasteiger partial charge is 0.390 e. The van der Waals surface area contributed by atoms with E-state index in [0.29, 0.717) is 18.0 Å². The maximum atomic E-state index is 10.0. The minimum Gasteiger partial charge on any atom is -0.390 e. The Labute approximate surface area is 114 Å². The number of rotatable bonds is 6. The summed E-state index contributed by atoms with van der Waals surface area (Å²) in [7, 11) is 0. The van der Waals surface area contributed by atoms with Crippen molar-refractivity contribution in [3.05, 3.63) is 16.4 Å². The van der Waals surface area contributed by atoms with Crippen LogP contribution in [0.5, 0.6) is 0 Å². The minimum atomic E-state index is -0.811. The van der Waals surface area contributed by atoms with Crippen LogP contribution in [0, 0.1) is 5.92 Å². The van der Waals surface area contributed by atoms with Gasteiger partial charge in [0.15, 0.2) is 0 Å². The Balaban J connectivity index is 2.92. The highest BCUT2D eigenvalue weighted by atomic mass is 35.5. The second kappa shape index (κ2) is 6.55. The van der Waals surface area contributed by atoms with Gasteiger partial charge in [0.1, 0.15) is 0 Å². The Hall–Kier alpha value is -0.580. The molecule has 0 saturated heterocycles. The molecule has 1 aromatic heterocycles. The van der Waals surface area contributed by atoms with Gasteiger partial charge in [-0.05, 0) is 19.3 Å². The van der Waals surface area contributed by atoms with Crippen LogP contribution >= 0.6 is 11.6 Å². The molecule has 0 aliphatic heterocycles. The van der Waals surface area contributed by atoms with Gasteiger partial charge in [-0.2, -0.15) is 5.10 Å². The lowest BCUT2D eigenvalue weighted by Crippen LogP contribution is -2.33. The minimum absolute atomic E-state index is 0.0161. The van der Waals surface area contributed by atoms with E-state index in [1.54, 1.807) is 4.68 Å². The van der Waals surface area contributed by atoms with Crippen molar-refractivity contribution in [1.82, 2.24) is 9.78 Å². The molecule has 1 aromatic rings. The number of hydrogen-bond acceptors (Lipinski definition) is 3. The molecule has 1 heterocycles. The lowest BCUT2D eigenvalue weighted by Gasteiger charge is -2.21. The maximum absolute atomic E-state index is 10.0. The maximum Gasteiger partial charge on any atom is 0.0857 e. The molecule has 2 atom stereocenters. The van der Waals surface area contributed by atoms with E-state index in [2.05, 4.69) is 5.10 Å². The molecule has 5 heteroatoms. The second-order valence-corrected chi connectivity index (χ2v) is 5.26. The number of aliphatic hydroxyl groups is 2. The predicted molar refractivity (Wildman–Crippen MR) is 72.8 cm³/mol. The first-order valence-electron chi connectivity index (χ1n) is 6.52. The zero-order chi connectivity index (χ0) is 13.9. The van der Waals surface area contributed by atoms with Gasteiger partial charge in [0.05, 0.1) is 28.6 Å². The fourth-order valence-corrected chi connectivity index (χ4v) is 2.32. The van der Waals surface area contributed by atoms with E-state index in [1.165, 1.54) is 0 Å². The van der Waals surface area contributed by atoms with Gasteiger partial charge < -0.3 is 10.2 Å². The summed E-state index contributed by atoms with van der Waals surface area (Å²) in [5.41, 5.74) is 1.66. The normalized spacial score (nSPS) is 15.1. The third kappa shape index (κ3) is 3.25. The molecule has 0 bridgehead atoms. The summed E-state index contributed by atoms with van der Waals surface area (Å²) in [6, 6.07) is 0. The second-order valence-electron chi connectivity index (χ2n) is 4.88. The first kappa shape index (κ1) is 15.5. The van der Waals surface area contributed by atoms with Crippen LogP contribution in [-0.2, 0) is 19.4 Å². The Morgan fingerprint density at radius 3 is 2.33 bits per heavy atom. The zero-order valence-corrected chi connectivity index (χ0v) is 12.3. The average Bonchev–Trinajstić information content (AvgIpc) is 2.65. The van der Waals surface area contributed by atoms with Crippen molar-refractivity contribution in [2.45, 2.75) is 59.3 Å². The molecule has 0 saturated carbocycles. The van der Waals surface area contributed by atoms with Crippen LogP contribution in [0.15, 0.2) is 0 Å². The quantitative estimate of drug-likeness (QED) is 0.835. The summed E-state index contributed by atoms with van der Waals surface area (Å²) >= 11 is 6.26. The van der Waals surface area contributed by atoms with Crippen LogP contribution < -0.4 is 0 Å². The van der Waals surface area contributed by atoms with Crippen molar-refractivity contribution < 1.29 is 10.2 Å². The van der Waals surface area contributed by atoms with Crippen LogP contribution in [0.2, 0.25) is 5.02 Å². The fraction of sp³-hybridized carbons (Fsp3) is 0.769. The van der Waals surface area contributed by atoms with Crippen LogP contribution in [0.1, 0.15) is 39.1 Å². The van der Waals surface area contributed by atoms with Gasteiger partial charge in [0, 0.05) is 13.0 Å². The smallest absolute Gasteiger partial charge is 0.0857 e. The van der Waals surface area contributed by atoms with Crippen LogP contribution in [0.3, 0.4) is 0 Å². The van der Waals surface area contributed by atoms with Crippen molar-refractivity contribution in [1.29, 1.82) is 0 Å². The van der Waals surface area contributed by atoms with Gasteiger partial charge in [-0.1, -0.05) is 32.4 Å². The van der Waals surface area contributed by atoms with E-state index >= 15 is 0 Å². The number of aryl methyl sites for hydroxylation is 2. The highest BCUT2D eigenvalue weighted by molar-refractivity contribution is 6.31. The summed E-state index contributed by atoms with van der Waals surface area (Å²) in [5.74, 6) is 0.0161. The molecule has 1 rings (SSSR count). The monoisotopic (exact) mass is 274 g/mol. The van der Waals surface area contributed by atoms with Gasteiger partial charge in [-0.3, -0.25) is 4.68 Å². The SMILES string of the molecule is CCc1nn(CC)c(CC(O)C(O)C(C)C)c1Cl. The number of hydrogen-bond donors (Lipinski definition) is 2. The highest BCUT2D eigenvalue weighted by Gasteiger charge is 2.24. The molecule has 0 radical (unpaired) electrons. The van der Waals surface area contributed by atoms with Crippen molar-refractivity contribution in [2.75, 3.05) is 0 Å². The molecular weight excluding hydrogens is 252 g/mol. The van der Waals surface area contributed by atoms with Gasteiger partial charge in [-0.15, -0.1) is 0 Å². The molecule has 2 N–H and O–H groups in total. The molecule has 0 spiro atoms. The number of aromatic nitrogens is 2. The fourth-order valence-electron chi connectivity index (χ4n) is 1.98. The molecule has 2 unspecified atom stereocenters. The molecule has 0 fully saturated rings. The zero-order valence-electron chi connectivity index (χ0n) is 11.5. The molecule has 18 heavy (non-hydrogen) atoms. The third-order valence-corrected chi connectivity index (χ3v) is 3.61. The average molecular weight is 275 g/mol. The van der Waals surface area contributed by atoms with Crippen LogP contribution in [0.25, 0.3) is 0 Å². The topological polar surface area (TPSA) is 58.3 Å². The van der Waals surface area contributed by atoms with Gasteiger partial charge in [0.2, 0.25) is 0 Å². The Morgan fingerprint density at radius 1 is 1.28 bits per heavy atom.